The number of halogens is 2. The largest absolute Gasteiger partial charge is 0.396 e. The minimum absolute atomic E-state index is 0.201. The van der Waals surface area contributed by atoms with Crippen molar-refractivity contribution in [1.29, 1.82) is 0 Å². The van der Waals surface area contributed by atoms with E-state index < -0.39 is 23.1 Å². The van der Waals surface area contributed by atoms with Gasteiger partial charge >= 0.3 is 0 Å². The predicted molar refractivity (Wildman–Crippen MR) is 75.9 cm³/mol. The molecule has 21 heavy (non-hydrogen) atoms. The maximum absolute atomic E-state index is 14.0. The van der Waals surface area contributed by atoms with E-state index in [9.17, 15) is 13.6 Å². The number of rotatable bonds is 1. The number of likely N-dealkylation sites (tertiary alicyclic amines) is 1. The van der Waals surface area contributed by atoms with Gasteiger partial charge in [0.2, 0.25) is 0 Å². The number of anilines is 1. The molecule has 0 saturated carbocycles. The van der Waals surface area contributed by atoms with Crippen LogP contribution in [0.25, 0.3) is 0 Å². The first-order valence-electron chi connectivity index (χ1n) is 7.23. The summed E-state index contributed by atoms with van der Waals surface area (Å²) in [5.41, 5.74) is 4.72. The van der Waals surface area contributed by atoms with Gasteiger partial charge in [0, 0.05) is 25.2 Å². The molecule has 2 saturated heterocycles. The number of hydrogen-bond donors (Lipinski definition) is 1. The molecule has 0 radical (unpaired) electrons. The lowest BCUT2D eigenvalue weighted by Crippen LogP contribution is -2.40. The Morgan fingerprint density at radius 3 is 2.71 bits per heavy atom. The number of carbonyl (C=O) groups excluding carboxylic acids is 1. The minimum Gasteiger partial charge on any atom is -0.396 e. The number of hydrogen-bond acceptors (Lipinski definition) is 3. The van der Waals surface area contributed by atoms with Crippen LogP contribution >= 0.6 is 0 Å². The third-order valence-corrected chi connectivity index (χ3v) is 4.77. The number of fused-ring (bicyclic) bond motifs is 2. The van der Waals surface area contributed by atoms with Crippen molar-refractivity contribution in [3.8, 4) is 0 Å². The molecule has 2 fully saturated rings. The topological polar surface area (TPSA) is 49.6 Å². The van der Waals surface area contributed by atoms with E-state index in [1.807, 2.05) is 0 Å². The molecule has 4 nitrogen and oxygen atoms in total. The molecular formula is C15H19F2N3O. The third-order valence-electron chi connectivity index (χ3n) is 4.77. The molecule has 1 amide bonds. The number of amides is 1. The Hall–Kier alpha value is -1.69. The van der Waals surface area contributed by atoms with Crippen molar-refractivity contribution in [2.45, 2.75) is 31.3 Å². The van der Waals surface area contributed by atoms with Crippen LogP contribution in [0.2, 0.25) is 0 Å². The Balaban J connectivity index is 1.88. The van der Waals surface area contributed by atoms with Crippen molar-refractivity contribution < 1.29 is 13.6 Å². The van der Waals surface area contributed by atoms with E-state index in [1.165, 1.54) is 0 Å². The van der Waals surface area contributed by atoms with Crippen molar-refractivity contribution in [1.82, 2.24) is 9.80 Å². The Bertz CT molecular complexity index is 578. The molecule has 2 heterocycles. The summed E-state index contributed by atoms with van der Waals surface area (Å²) in [7, 11) is 2.05. The summed E-state index contributed by atoms with van der Waals surface area (Å²) in [5, 5.41) is 0. The van der Waals surface area contributed by atoms with Gasteiger partial charge in [0.05, 0.1) is 5.69 Å². The van der Waals surface area contributed by atoms with Crippen LogP contribution in [0.5, 0.6) is 0 Å². The van der Waals surface area contributed by atoms with Crippen LogP contribution in [0, 0.1) is 11.6 Å². The Kier molecular flexibility index (Phi) is 3.57. The zero-order valence-electron chi connectivity index (χ0n) is 12.0. The van der Waals surface area contributed by atoms with Crippen molar-refractivity contribution in [2.24, 2.45) is 0 Å². The maximum Gasteiger partial charge on any atom is 0.259 e. The highest BCUT2D eigenvalue weighted by atomic mass is 19.1. The van der Waals surface area contributed by atoms with Crippen molar-refractivity contribution in [3.05, 3.63) is 29.3 Å². The van der Waals surface area contributed by atoms with Crippen molar-refractivity contribution >= 4 is 11.6 Å². The van der Waals surface area contributed by atoms with Crippen LogP contribution in [0.3, 0.4) is 0 Å². The average Bonchev–Trinajstić information content (AvgIpc) is 2.68. The van der Waals surface area contributed by atoms with Gasteiger partial charge in [0.25, 0.3) is 5.91 Å². The zero-order chi connectivity index (χ0) is 15.1. The molecule has 2 N–H and O–H groups in total. The predicted octanol–water partition coefficient (Wildman–Crippen LogP) is 1.86. The van der Waals surface area contributed by atoms with Crippen molar-refractivity contribution in [2.75, 3.05) is 25.9 Å². The molecule has 3 rings (SSSR count). The second-order valence-electron chi connectivity index (χ2n) is 5.92. The van der Waals surface area contributed by atoms with Crippen LogP contribution in [0.1, 0.15) is 29.6 Å². The summed E-state index contributed by atoms with van der Waals surface area (Å²) in [6, 6.07) is 2.92. The molecule has 1 aromatic rings. The first kappa shape index (κ1) is 14.3. The summed E-state index contributed by atoms with van der Waals surface area (Å²) >= 11 is 0. The highest BCUT2D eigenvalue weighted by molar-refractivity contribution is 5.95. The van der Waals surface area contributed by atoms with Crippen LogP contribution in [-0.4, -0.2) is 47.9 Å². The molecule has 1 aromatic carbocycles. The molecule has 2 bridgehead atoms. The molecule has 6 heteroatoms. The SMILES string of the molecule is CN1C2CCC1CN(C(=O)c1c(F)ccc(N)c1F)CC2. The van der Waals surface area contributed by atoms with E-state index in [0.717, 1.165) is 31.4 Å². The van der Waals surface area contributed by atoms with Gasteiger partial charge in [-0.05, 0) is 38.4 Å². The summed E-state index contributed by atoms with van der Waals surface area (Å²) in [6.45, 7) is 1.04. The molecule has 2 unspecified atom stereocenters. The van der Waals surface area contributed by atoms with Crippen molar-refractivity contribution in [3.63, 3.8) is 0 Å². The highest BCUT2D eigenvalue weighted by Gasteiger charge is 2.37. The number of nitrogens with two attached hydrogens (primary N) is 1. The second kappa shape index (κ2) is 5.26. The Morgan fingerprint density at radius 2 is 1.95 bits per heavy atom. The van der Waals surface area contributed by atoms with Crippen LogP contribution in [0.4, 0.5) is 14.5 Å². The molecule has 0 spiro atoms. The second-order valence-corrected chi connectivity index (χ2v) is 5.92. The summed E-state index contributed by atoms with van der Waals surface area (Å²) in [6.07, 6.45) is 2.99. The maximum atomic E-state index is 14.0. The lowest BCUT2D eigenvalue weighted by molar-refractivity contribution is 0.0730. The average molecular weight is 295 g/mol. The van der Waals surface area contributed by atoms with Gasteiger partial charge in [-0.15, -0.1) is 0 Å². The molecule has 0 aliphatic carbocycles. The normalized spacial score (nSPS) is 26.0. The van der Waals surface area contributed by atoms with E-state index in [4.69, 9.17) is 5.73 Å². The molecule has 2 aliphatic heterocycles. The van der Waals surface area contributed by atoms with E-state index in [1.54, 1.807) is 4.90 Å². The van der Waals surface area contributed by atoms with Gasteiger partial charge in [-0.3, -0.25) is 9.69 Å². The first-order valence-corrected chi connectivity index (χ1v) is 7.23. The van der Waals surface area contributed by atoms with Gasteiger partial charge in [-0.25, -0.2) is 8.78 Å². The minimum atomic E-state index is -0.956. The van der Waals surface area contributed by atoms with E-state index in [-0.39, 0.29) is 11.7 Å². The summed E-state index contributed by atoms with van der Waals surface area (Å²) in [5.74, 6) is -2.41. The lowest BCUT2D eigenvalue weighted by atomic mass is 10.1. The van der Waals surface area contributed by atoms with Gasteiger partial charge in [0.15, 0.2) is 5.82 Å². The molecular weight excluding hydrogens is 276 g/mol. The van der Waals surface area contributed by atoms with E-state index in [0.29, 0.717) is 19.1 Å². The monoisotopic (exact) mass is 295 g/mol. The quantitative estimate of drug-likeness (QED) is 0.805. The number of benzene rings is 1. The standard InChI is InChI=1S/C15H19F2N3O/c1-19-9-2-3-10(19)8-20(7-6-9)15(21)13-11(16)4-5-12(18)14(13)17/h4-5,9-10H,2-3,6-8,18H2,1H3. The number of nitrogen functional groups attached to an aromatic ring is 1. The van der Waals surface area contributed by atoms with Crippen LogP contribution in [-0.2, 0) is 0 Å². The van der Waals surface area contributed by atoms with Crippen LogP contribution < -0.4 is 5.73 Å². The summed E-state index contributed by atoms with van der Waals surface area (Å²) < 4.78 is 27.9. The fourth-order valence-corrected chi connectivity index (χ4v) is 3.42. The smallest absolute Gasteiger partial charge is 0.259 e. The number of carbonyl (C=O) groups is 1. The third kappa shape index (κ3) is 2.37. The first-order chi connectivity index (χ1) is 9.99. The zero-order valence-corrected chi connectivity index (χ0v) is 12.0. The fraction of sp³-hybridized carbons (Fsp3) is 0.533. The Labute approximate surface area is 122 Å². The molecule has 2 aliphatic rings. The molecule has 0 aromatic heterocycles. The highest BCUT2D eigenvalue weighted by Crippen LogP contribution is 2.30. The number of nitrogens with zero attached hydrogens (tertiary/aromatic N) is 2. The lowest BCUT2D eigenvalue weighted by Gasteiger charge is -2.26. The van der Waals surface area contributed by atoms with Gasteiger partial charge in [-0.2, -0.15) is 0 Å². The number of likely N-dealkylation sites (N-methyl/N-ethyl adjacent to an activating group) is 1. The van der Waals surface area contributed by atoms with Gasteiger partial charge in [-0.1, -0.05) is 0 Å². The van der Waals surface area contributed by atoms with Gasteiger partial charge < -0.3 is 10.6 Å². The van der Waals surface area contributed by atoms with Crippen LogP contribution in [0.15, 0.2) is 12.1 Å². The van der Waals surface area contributed by atoms with E-state index in [2.05, 4.69) is 11.9 Å². The van der Waals surface area contributed by atoms with Gasteiger partial charge in [0.1, 0.15) is 11.4 Å². The fourth-order valence-electron chi connectivity index (χ4n) is 3.42. The molecule has 114 valence electrons. The summed E-state index contributed by atoms with van der Waals surface area (Å²) in [4.78, 5) is 16.3. The molecule has 2 atom stereocenters. The Morgan fingerprint density at radius 1 is 1.24 bits per heavy atom. The van der Waals surface area contributed by atoms with E-state index >= 15 is 0 Å².